The second kappa shape index (κ2) is 3.88. The Hall–Kier alpha value is -1.22. The monoisotopic (exact) mass is 194 g/mol. The molecule has 0 aromatic heterocycles. The van der Waals surface area contributed by atoms with Gasteiger partial charge in [-0.3, -0.25) is 0 Å². The number of aromatic hydroxyl groups is 1. The molecule has 2 unspecified atom stereocenters. The minimum absolute atomic E-state index is 0.139. The fraction of sp³-hybridized carbons (Fsp3) is 0.455. The summed E-state index contributed by atoms with van der Waals surface area (Å²) in [6, 6.07) is 6.69. The molecule has 2 atom stereocenters. The van der Waals surface area contributed by atoms with Crippen LogP contribution in [-0.4, -0.2) is 18.0 Å². The highest BCUT2D eigenvalue weighted by molar-refractivity contribution is 5.30. The zero-order chi connectivity index (χ0) is 9.97. The maximum atomic E-state index is 9.08. The Morgan fingerprint density at radius 1 is 1.36 bits per heavy atom. The summed E-state index contributed by atoms with van der Waals surface area (Å²) in [5, 5.41) is 9.08. The summed E-state index contributed by atoms with van der Waals surface area (Å²) in [5.41, 5.74) is 0. The van der Waals surface area contributed by atoms with E-state index in [0.29, 0.717) is 5.92 Å². The van der Waals surface area contributed by atoms with Gasteiger partial charge in [0.05, 0.1) is 6.61 Å². The number of benzene rings is 1. The maximum Gasteiger partial charge on any atom is 0.202 e. The van der Waals surface area contributed by atoms with Gasteiger partial charge < -0.3 is 14.6 Å². The molecule has 3 nitrogen and oxygen atoms in total. The van der Waals surface area contributed by atoms with Gasteiger partial charge in [0.25, 0.3) is 0 Å². The van der Waals surface area contributed by atoms with E-state index in [4.69, 9.17) is 14.6 Å². The first-order valence-corrected chi connectivity index (χ1v) is 4.83. The molecule has 0 saturated carbocycles. The molecule has 0 bridgehead atoms. The summed E-state index contributed by atoms with van der Waals surface area (Å²) in [4.78, 5) is 0. The fourth-order valence-corrected chi connectivity index (χ4v) is 1.48. The van der Waals surface area contributed by atoms with Gasteiger partial charge >= 0.3 is 0 Å². The van der Waals surface area contributed by atoms with Crippen LogP contribution in [0.4, 0.5) is 0 Å². The van der Waals surface area contributed by atoms with Crippen molar-refractivity contribution in [3.05, 3.63) is 24.3 Å². The molecule has 1 aliphatic rings. The number of hydrogen-bond donors (Lipinski definition) is 1. The minimum atomic E-state index is -0.139. The van der Waals surface area contributed by atoms with Crippen LogP contribution in [0.15, 0.2) is 24.3 Å². The molecule has 2 rings (SSSR count). The van der Waals surface area contributed by atoms with E-state index in [1.165, 1.54) is 0 Å². The summed E-state index contributed by atoms with van der Waals surface area (Å²) in [7, 11) is 0. The first-order chi connectivity index (χ1) is 6.75. The average Bonchev–Trinajstić information content (AvgIpc) is 2.56. The van der Waals surface area contributed by atoms with Crippen molar-refractivity contribution in [2.45, 2.75) is 19.6 Å². The predicted molar refractivity (Wildman–Crippen MR) is 52.3 cm³/mol. The molecule has 1 saturated heterocycles. The molecule has 1 heterocycles. The Bertz CT molecular complexity index is 294. The Morgan fingerprint density at radius 2 is 2.07 bits per heavy atom. The van der Waals surface area contributed by atoms with Gasteiger partial charge in [0.15, 0.2) is 0 Å². The molecule has 0 radical (unpaired) electrons. The first-order valence-electron chi connectivity index (χ1n) is 4.83. The zero-order valence-electron chi connectivity index (χ0n) is 8.14. The molecular weight excluding hydrogens is 180 g/mol. The minimum Gasteiger partial charge on any atom is -0.508 e. The van der Waals surface area contributed by atoms with Crippen LogP contribution in [0.25, 0.3) is 0 Å². The van der Waals surface area contributed by atoms with Crippen LogP contribution in [0.1, 0.15) is 13.3 Å². The van der Waals surface area contributed by atoms with Gasteiger partial charge in [0.1, 0.15) is 11.5 Å². The number of rotatable bonds is 2. The van der Waals surface area contributed by atoms with Gasteiger partial charge in [-0.1, -0.05) is 6.92 Å². The van der Waals surface area contributed by atoms with Crippen molar-refractivity contribution in [3.63, 3.8) is 0 Å². The Balaban J connectivity index is 2.00. The van der Waals surface area contributed by atoms with Crippen molar-refractivity contribution in [2.75, 3.05) is 6.61 Å². The number of ether oxygens (including phenoxy) is 2. The van der Waals surface area contributed by atoms with Gasteiger partial charge in [-0.05, 0) is 30.7 Å². The molecular formula is C11H14O3. The van der Waals surface area contributed by atoms with E-state index >= 15 is 0 Å². The van der Waals surface area contributed by atoms with Gasteiger partial charge in [-0.25, -0.2) is 0 Å². The lowest BCUT2D eigenvalue weighted by molar-refractivity contribution is -0.0585. The molecule has 1 aliphatic heterocycles. The number of hydrogen-bond acceptors (Lipinski definition) is 3. The van der Waals surface area contributed by atoms with Gasteiger partial charge in [0, 0.05) is 5.92 Å². The van der Waals surface area contributed by atoms with Crippen LogP contribution in [0, 0.1) is 5.92 Å². The molecule has 0 spiro atoms. The van der Waals surface area contributed by atoms with E-state index < -0.39 is 0 Å². The lowest BCUT2D eigenvalue weighted by Crippen LogP contribution is -2.20. The molecule has 1 aromatic carbocycles. The van der Waals surface area contributed by atoms with Crippen LogP contribution < -0.4 is 4.74 Å². The topological polar surface area (TPSA) is 38.7 Å². The number of phenolic OH excluding ortho intramolecular Hbond substituents is 1. The maximum absolute atomic E-state index is 9.08. The van der Waals surface area contributed by atoms with Crippen molar-refractivity contribution < 1.29 is 14.6 Å². The van der Waals surface area contributed by atoms with Crippen LogP contribution >= 0.6 is 0 Å². The van der Waals surface area contributed by atoms with Crippen LogP contribution in [0.5, 0.6) is 11.5 Å². The molecule has 1 N–H and O–H groups in total. The van der Waals surface area contributed by atoms with E-state index in [2.05, 4.69) is 6.92 Å². The molecule has 0 amide bonds. The van der Waals surface area contributed by atoms with Crippen LogP contribution in [-0.2, 0) is 4.74 Å². The van der Waals surface area contributed by atoms with E-state index in [0.717, 1.165) is 18.8 Å². The van der Waals surface area contributed by atoms with Crippen molar-refractivity contribution in [1.29, 1.82) is 0 Å². The molecule has 1 aromatic rings. The summed E-state index contributed by atoms with van der Waals surface area (Å²) in [6.07, 6.45) is 0.905. The summed E-state index contributed by atoms with van der Waals surface area (Å²) in [5.74, 6) is 1.42. The highest BCUT2D eigenvalue weighted by Gasteiger charge is 2.25. The highest BCUT2D eigenvalue weighted by Crippen LogP contribution is 2.24. The largest absolute Gasteiger partial charge is 0.508 e. The molecule has 76 valence electrons. The van der Waals surface area contributed by atoms with Crippen LogP contribution in [0.3, 0.4) is 0 Å². The lowest BCUT2D eigenvalue weighted by Gasteiger charge is -2.16. The molecule has 0 aliphatic carbocycles. The predicted octanol–water partition coefficient (Wildman–Crippen LogP) is 2.15. The second-order valence-corrected chi connectivity index (χ2v) is 3.62. The first kappa shape index (κ1) is 9.34. The van der Waals surface area contributed by atoms with E-state index in [-0.39, 0.29) is 12.0 Å². The normalized spacial score (nSPS) is 26.4. The van der Waals surface area contributed by atoms with Gasteiger partial charge in [-0.2, -0.15) is 0 Å². The average molecular weight is 194 g/mol. The van der Waals surface area contributed by atoms with Gasteiger partial charge in [0.2, 0.25) is 6.29 Å². The molecule has 14 heavy (non-hydrogen) atoms. The van der Waals surface area contributed by atoms with Gasteiger partial charge in [-0.15, -0.1) is 0 Å². The number of phenols is 1. The van der Waals surface area contributed by atoms with E-state index in [9.17, 15) is 0 Å². The third kappa shape index (κ3) is 1.99. The Morgan fingerprint density at radius 3 is 2.64 bits per heavy atom. The van der Waals surface area contributed by atoms with E-state index in [1.54, 1.807) is 24.3 Å². The van der Waals surface area contributed by atoms with Crippen molar-refractivity contribution in [2.24, 2.45) is 5.92 Å². The van der Waals surface area contributed by atoms with E-state index in [1.807, 2.05) is 0 Å². The Kier molecular flexibility index (Phi) is 2.59. The molecule has 1 fully saturated rings. The molecule has 3 heteroatoms. The standard InChI is InChI=1S/C11H14O3/c1-8-6-7-13-11(8)14-10-4-2-9(12)3-5-10/h2-5,8,11-12H,6-7H2,1H3. The smallest absolute Gasteiger partial charge is 0.202 e. The summed E-state index contributed by atoms with van der Waals surface area (Å²) < 4.78 is 11.0. The fourth-order valence-electron chi connectivity index (χ4n) is 1.48. The third-order valence-corrected chi connectivity index (χ3v) is 2.41. The highest BCUT2D eigenvalue weighted by atomic mass is 16.7. The van der Waals surface area contributed by atoms with Crippen molar-refractivity contribution >= 4 is 0 Å². The SMILES string of the molecule is CC1CCOC1Oc1ccc(O)cc1. The summed E-state index contributed by atoms with van der Waals surface area (Å²) >= 11 is 0. The van der Waals surface area contributed by atoms with Crippen LogP contribution in [0.2, 0.25) is 0 Å². The Labute approximate surface area is 83.3 Å². The zero-order valence-corrected chi connectivity index (χ0v) is 8.14. The quantitative estimate of drug-likeness (QED) is 0.784. The summed E-state index contributed by atoms with van der Waals surface area (Å²) in [6.45, 7) is 2.88. The second-order valence-electron chi connectivity index (χ2n) is 3.62. The third-order valence-electron chi connectivity index (χ3n) is 2.41. The lowest BCUT2D eigenvalue weighted by atomic mass is 10.1. The van der Waals surface area contributed by atoms with Crippen molar-refractivity contribution in [3.8, 4) is 11.5 Å². The van der Waals surface area contributed by atoms with Crippen molar-refractivity contribution in [1.82, 2.24) is 0 Å².